The maximum atomic E-state index is 14.5. The average Bonchev–Trinajstić information content (AvgIpc) is 2.70. The van der Waals surface area contributed by atoms with Crippen LogP contribution in [0.5, 0.6) is 0 Å². The van der Waals surface area contributed by atoms with Crippen molar-refractivity contribution >= 4 is 28.3 Å². The fourth-order valence-corrected chi connectivity index (χ4v) is 2.87. The lowest BCUT2D eigenvalue weighted by Crippen LogP contribution is -2.38. The van der Waals surface area contributed by atoms with Gasteiger partial charge in [-0.25, -0.2) is 4.79 Å². The van der Waals surface area contributed by atoms with Crippen LogP contribution in [-0.4, -0.2) is 24.3 Å². The molecule has 0 aliphatic carbocycles. The molecule has 1 aromatic heterocycles. The highest BCUT2D eigenvalue weighted by atomic mass is 19.1. The van der Waals surface area contributed by atoms with Gasteiger partial charge in [-0.3, -0.25) is 9.59 Å². The van der Waals surface area contributed by atoms with Crippen LogP contribution in [0.25, 0.3) is 11.0 Å². The van der Waals surface area contributed by atoms with Crippen molar-refractivity contribution in [3.8, 4) is 0 Å². The molecular formula is C20H18FN3O4. The Morgan fingerprint density at radius 3 is 2.50 bits per heavy atom. The van der Waals surface area contributed by atoms with E-state index in [9.17, 15) is 18.8 Å². The van der Waals surface area contributed by atoms with Crippen molar-refractivity contribution in [1.82, 2.24) is 0 Å². The molecule has 1 heterocycles. The van der Waals surface area contributed by atoms with Gasteiger partial charge in [-0.1, -0.05) is 42.5 Å². The molecule has 2 aromatic carbocycles. The summed E-state index contributed by atoms with van der Waals surface area (Å²) >= 11 is 0. The van der Waals surface area contributed by atoms with E-state index < -0.39 is 34.9 Å². The van der Waals surface area contributed by atoms with Gasteiger partial charge in [-0.05, 0) is 18.1 Å². The molecule has 0 bridgehead atoms. The first-order valence-electron chi connectivity index (χ1n) is 8.51. The molecule has 1 atom stereocenters. The third-order valence-electron chi connectivity index (χ3n) is 4.25. The van der Waals surface area contributed by atoms with Crippen LogP contribution in [0, 0.1) is 5.82 Å². The monoisotopic (exact) mass is 383 g/mol. The van der Waals surface area contributed by atoms with E-state index in [2.05, 4.69) is 5.32 Å². The number of carbonyl (C=O) groups is 2. The van der Waals surface area contributed by atoms with Crippen molar-refractivity contribution in [1.29, 1.82) is 0 Å². The number of amides is 1. The Morgan fingerprint density at radius 2 is 1.82 bits per heavy atom. The third kappa shape index (κ3) is 3.83. The Bertz CT molecular complexity index is 1100. The van der Waals surface area contributed by atoms with Gasteiger partial charge in [0.15, 0.2) is 5.78 Å². The summed E-state index contributed by atoms with van der Waals surface area (Å²) in [6.45, 7) is -0.333. The van der Waals surface area contributed by atoms with Crippen LogP contribution in [-0.2, 0) is 11.2 Å². The molecule has 0 fully saturated rings. The largest absolute Gasteiger partial charge is 0.420 e. The topological polar surface area (TPSA) is 128 Å². The fraction of sp³-hybridized carbons (Fsp3) is 0.150. The molecule has 0 saturated carbocycles. The van der Waals surface area contributed by atoms with Crippen LogP contribution in [0.2, 0.25) is 0 Å². The second-order valence-corrected chi connectivity index (χ2v) is 6.17. The van der Waals surface area contributed by atoms with E-state index in [-0.39, 0.29) is 29.5 Å². The number of ketones is 1. The summed E-state index contributed by atoms with van der Waals surface area (Å²) in [6, 6.07) is 12.3. The molecule has 0 spiro atoms. The van der Waals surface area contributed by atoms with Crippen LogP contribution < -0.4 is 22.4 Å². The molecule has 7 nitrogen and oxygen atoms in total. The smallest absolute Gasteiger partial charge is 0.374 e. The number of hydrogen-bond donors (Lipinski definition) is 3. The van der Waals surface area contributed by atoms with E-state index in [4.69, 9.17) is 15.9 Å². The average molecular weight is 383 g/mol. The molecular weight excluding hydrogens is 365 g/mol. The van der Waals surface area contributed by atoms with Crippen molar-refractivity contribution in [3.05, 3.63) is 75.9 Å². The molecule has 1 unspecified atom stereocenters. The van der Waals surface area contributed by atoms with Gasteiger partial charge in [-0.15, -0.1) is 0 Å². The van der Waals surface area contributed by atoms with E-state index in [0.717, 1.165) is 5.56 Å². The Hall–Kier alpha value is -3.36. The lowest BCUT2D eigenvalue weighted by molar-refractivity contribution is -0.117. The fourth-order valence-electron chi connectivity index (χ4n) is 2.87. The molecule has 0 radical (unpaired) electrons. The minimum atomic E-state index is -1.31. The van der Waals surface area contributed by atoms with Gasteiger partial charge in [0.1, 0.15) is 5.58 Å². The molecule has 3 aromatic rings. The van der Waals surface area contributed by atoms with Gasteiger partial charge in [0.25, 0.3) is 0 Å². The van der Waals surface area contributed by atoms with Crippen LogP contribution in [0.4, 0.5) is 10.1 Å². The second kappa shape index (κ2) is 8.12. The van der Waals surface area contributed by atoms with Crippen molar-refractivity contribution in [2.24, 2.45) is 11.5 Å². The van der Waals surface area contributed by atoms with E-state index >= 15 is 0 Å². The van der Waals surface area contributed by atoms with Crippen LogP contribution >= 0.6 is 0 Å². The number of fused-ring (bicyclic) bond motifs is 1. The number of carbonyl (C=O) groups excluding carboxylic acids is 2. The van der Waals surface area contributed by atoms with E-state index in [1.54, 1.807) is 24.3 Å². The van der Waals surface area contributed by atoms with Crippen molar-refractivity contribution in [2.45, 2.75) is 12.5 Å². The van der Waals surface area contributed by atoms with Gasteiger partial charge in [0.05, 0.1) is 23.7 Å². The van der Waals surface area contributed by atoms with Gasteiger partial charge >= 0.3 is 5.63 Å². The zero-order chi connectivity index (χ0) is 20.3. The number of nitrogens with two attached hydrogens (primary N) is 2. The summed E-state index contributed by atoms with van der Waals surface area (Å²) < 4.78 is 19.4. The molecule has 1 amide bonds. The molecule has 3 rings (SSSR count). The van der Waals surface area contributed by atoms with Gasteiger partial charge in [0, 0.05) is 5.56 Å². The highest BCUT2D eigenvalue weighted by Crippen LogP contribution is 2.28. The minimum absolute atomic E-state index is 0.0321. The van der Waals surface area contributed by atoms with Gasteiger partial charge in [-0.2, -0.15) is 4.39 Å². The summed E-state index contributed by atoms with van der Waals surface area (Å²) in [5, 5.41) is 2.31. The molecule has 28 heavy (non-hydrogen) atoms. The molecule has 0 saturated heterocycles. The first-order valence-corrected chi connectivity index (χ1v) is 8.51. The Labute approximate surface area is 159 Å². The van der Waals surface area contributed by atoms with Crippen LogP contribution in [0.3, 0.4) is 0 Å². The normalized spacial score (nSPS) is 12.0. The predicted octanol–water partition coefficient (Wildman–Crippen LogP) is 1.58. The summed E-state index contributed by atoms with van der Waals surface area (Å²) in [6.07, 6.45) is 0.211. The summed E-state index contributed by atoms with van der Waals surface area (Å²) in [5.74, 6) is -2.52. The summed E-state index contributed by atoms with van der Waals surface area (Å²) in [4.78, 5) is 36.5. The lowest BCUT2D eigenvalue weighted by Gasteiger charge is -2.15. The summed E-state index contributed by atoms with van der Waals surface area (Å²) in [5.41, 5.74) is 10.4. The predicted molar refractivity (Wildman–Crippen MR) is 103 cm³/mol. The quantitative estimate of drug-likeness (QED) is 0.438. The molecule has 0 aliphatic heterocycles. The lowest BCUT2D eigenvalue weighted by atomic mass is 10.0. The highest BCUT2D eigenvalue weighted by molar-refractivity contribution is 6.14. The number of Topliss-reactive ketones (excluding diaryl/α,β-unsaturated/α-hetero) is 1. The van der Waals surface area contributed by atoms with Crippen LogP contribution in [0.1, 0.15) is 15.9 Å². The zero-order valence-corrected chi connectivity index (χ0v) is 14.8. The van der Waals surface area contributed by atoms with Crippen molar-refractivity contribution in [2.75, 3.05) is 11.9 Å². The maximum absolute atomic E-state index is 14.5. The number of nitrogens with one attached hydrogen (secondary N) is 1. The molecule has 144 valence electrons. The molecule has 8 heteroatoms. The minimum Gasteiger partial charge on any atom is -0.420 e. The van der Waals surface area contributed by atoms with Gasteiger partial charge in [0.2, 0.25) is 11.7 Å². The van der Waals surface area contributed by atoms with Crippen molar-refractivity contribution < 1.29 is 18.4 Å². The zero-order valence-electron chi connectivity index (χ0n) is 14.8. The van der Waals surface area contributed by atoms with Gasteiger partial charge < -0.3 is 21.2 Å². The SMILES string of the molecule is NCC(=O)c1cccc2oc(=O)c(F)c(NC(=O)C(N)Cc3ccccc3)c12. The number of benzene rings is 2. The van der Waals surface area contributed by atoms with Crippen molar-refractivity contribution in [3.63, 3.8) is 0 Å². The Balaban J connectivity index is 2.02. The molecule has 0 aliphatic rings. The number of halogens is 1. The number of hydrogen-bond acceptors (Lipinski definition) is 6. The first kappa shape index (κ1) is 19.4. The highest BCUT2D eigenvalue weighted by Gasteiger charge is 2.23. The number of anilines is 1. The second-order valence-electron chi connectivity index (χ2n) is 6.17. The summed E-state index contributed by atoms with van der Waals surface area (Å²) in [7, 11) is 0. The first-order chi connectivity index (χ1) is 13.4. The van der Waals surface area contributed by atoms with Crippen LogP contribution in [0.15, 0.2) is 57.7 Å². The Kier molecular flexibility index (Phi) is 5.62. The number of rotatable bonds is 6. The maximum Gasteiger partial charge on any atom is 0.374 e. The Morgan fingerprint density at radius 1 is 1.11 bits per heavy atom. The van der Waals surface area contributed by atoms with E-state index in [0.29, 0.717) is 0 Å². The molecule has 5 N–H and O–H groups in total. The standard InChI is InChI=1S/C20H18FN3O4/c21-17-18(24-19(26)13(23)9-11-5-2-1-3-6-11)16-12(14(25)10-22)7-4-8-15(16)28-20(17)27/h1-8,13H,9-10,22-23H2,(H,24,26). The van der Waals surface area contributed by atoms with E-state index in [1.807, 2.05) is 6.07 Å². The third-order valence-corrected chi connectivity index (χ3v) is 4.25. The van der Waals surface area contributed by atoms with E-state index in [1.165, 1.54) is 18.2 Å².